The molecule has 0 unspecified atom stereocenters. The molecule has 0 saturated heterocycles. The van der Waals surface area contributed by atoms with Gasteiger partial charge in [0.25, 0.3) is 0 Å². The molecule has 0 spiro atoms. The van der Waals surface area contributed by atoms with Gasteiger partial charge < -0.3 is 5.32 Å². The Morgan fingerprint density at radius 2 is 1.89 bits per heavy atom. The lowest BCUT2D eigenvalue weighted by Gasteiger charge is -2.10. The van der Waals surface area contributed by atoms with E-state index in [1.807, 2.05) is 0 Å². The molecule has 0 amide bonds. The van der Waals surface area contributed by atoms with Gasteiger partial charge in [0.1, 0.15) is 5.82 Å². The summed E-state index contributed by atoms with van der Waals surface area (Å²) in [4.78, 5) is 0. The second-order valence-corrected chi connectivity index (χ2v) is 4.82. The molecule has 0 aliphatic carbocycles. The summed E-state index contributed by atoms with van der Waals surface area (Å²) in [5.41, 5.74) is 4.52. The summed E-state index contributed by atoms with van der Waals surface area (Å²) >= 11 is 5.74. The van der Waals surface area contributed by atoms with Crippen LogP contribution in [0.1, 0.15) is 16.7 Å². The number of aryl methyl sites for hydroxylation is 2. The molecule has 0 bridgehead atoms. The largest absolute Gasteiger partial charge is 0.381 e. The van der Waals surface area contributed by atoms with Gasteiger partial charge in [-0.2, -0.15) is 0 Å². The maximum absolute atomic E-state index is 13.0. The fraction of sp³-hybridized carbons (Fsp3) is 0.200. The minimum absolute atomic E-state index is 0.140. The van der Waals surface area contributed by atoms with E-state index >= 15 is 0 Å². The van der Waals surface area contributed by atoms with Crippen molar-refractivity contribution in [2.75, 3.05) is 5.32 Å². The number of halogens is 2. The number of benzene rings is 2. The summed E-state index contributed by atoms with van der Waals surface area (Å²) in [6, 6.07) is 11.0. The molecule has 18 heavy (non-hydrogen) atoms. The van der Waals surface area contributed by atoms with Gasteiger partial charge in [0, 0.05) is 12.2 Å². The zero-order valence-electron chi connectivity index (χ0n) is 10.4. The van der Waals surface area contributed by atoms with Gasteiger partial charge in [0.15, 0.2) is 0 Å². The summed E-state index contributed by atoms with van der Waals surface area (Å²) in [5, 5.41) is 3.39. The zero-order chi connectivity index (χ0) is 13.1. The van der Waals surface area contributed by atoms with Crippen LogP contribution in [-0.2, 0) is 6.54 Å². The molecule has 0 saturated carbocycles. The highest BCUT2D eigenvalue weighted by Crippen LogP contribution is 2.20. The van der Waals surface area contributed by atoms with E-state index in [4.69, 9.17) is 11.6 Å². The van der Waals surface area contributed by atoms with E-state index in [9.17, 15) is 4.39 Å². The van der Waals surface area contributed by atoms with Crippen molar-refractivity contribution in [2.45, 2.75) is 20.4 Å². The maximum atomic E-state index is 13.0. The third kappa shape index (κ3) is 3.02. The van der Waals surface area contributed by atoms with Crippen molar-refractivity contribution in [1.82, 2.24) is 0 Å². The van der Waals surface area contributed by atoms with E-state index in [1.165, 1.54) is 22.8 Å². The van der Waals surface area contributed by atoms with Crippen LogP contribution in [0.2, 0.25) is 5.02 Å². The van der Waals surface area contributed by atoms with Crippen LogP contribution in [-0.4, -0.2) is 0 Å². The topological polar surface area (TPSA) is 12.0 Å². The van der Waals surface area contributed by atoms with Crippen molar-refractivity contribution in [3.05, 3.63) is 63.9 Å². The molecule has 0 radical (unpaired) electrons. The van der Waals surface area contributed by atoms with E-state index in [-0.39, 0.29) is 5.02 Å². The van der Waals surface area contributed by atoms with Crippen LogP contribution in [0.25, 0.3) is 0 Å². The Labute approximate surface area is 112 Å². The molecule has 94 valence electrons. The number of rotatable bonds is 3. The SMILES string of the molecule is Cc1ccc(C)c(CNc2ccc(F)c(Cl)c2)c1. The molecule has 0 heterocycles. The van der Waals surface area contributed by atoms with Crippen molar-refractivity contribution in [1.29, 1.82) is 0 Å². The zero-order valence-corrected chi connectivity index (χ0v) is 11.2. The van der Waals surface area contributed by atoms with E-state index in [0.29, 0.717) is 6.54 Å². The molecule has 0 aromatic heterocycles. The van der Waals surface area contributed by atoms with E-state index in [1.54, 1.807) is 12.1 Å². The van der Waals surface area contributed by atoms with Crippen molar-refractivity contribution in [3.8, 4) is 0 Å². The normalized spacial score (nSPS) is 10.4. The highest BCUT2D eigenvalue weighted by atomic mass is 35.5. The van der Waals surface area contributed by atoms with Crippen LogP contribution < -0.4 is 5.32 Å². The van der Waals surface area contributed by atoms with Crippen LogP contribution >= 0.6 is 11.6 Å². The molecule has 3 heteroatoms. The Morgan fingerprint density at radius 3 is 2.61 bits per heavy atom. The third-order valence-electron chi connectivity index (χ3n) is 2.91. The van der Waals surface area contributed by atoms with Gasteiger partial charge in [0.05, 0.1) is 5.02 Å². The second kappa shape index (κ2) is 5.40. The van der Waals surface area contributed by atoms with Gasteiger partial charge in [-0.3, -0.25) is 0 Å². The molecule has 1 nitrogen and oxygen atoms in total. The van der Waals surface area contributed by atoms with Crippen LogP contribution in [0.3, 0.4) is 0 Å². The summed E-state index contributed by atoms with van der Waals surface area (Å²) in [6.45, 7) is 4.85. The Kier molecular flexibility index (Phi) is 3.87. The summed E-state index contributed by atoms with van der Waals surface area (Å²) in [5.74, 6) is -0.394. The average molecular weight is 264 g/mol. The van der Waals surface area contributed by atoms with E-state index in [2.05, 4.69) is 37.4 Å². The minimum Gasteiger partial charge on any atom is -0.381 e. The van der Waals surface area contributed by atoms with E-state index in [0.717, 1.165) is 5.69 Å². The van der Waals surface area contributed by atoms with Crippen LogP contribution in [0.4, 0.5) is 10.1 Å². The molecular weight excluding hydrogens is 249 g/mol. The highest BCUT2D eigenvalue weighted by molar-refractivity contribution is 6.31. The number of hydrogen-bond donors (Lipinski definition) is 1. The number of nitrogens with one attached hydrogen (secondary N) is 1. The average Bonchev–Trinajstić information content (AvgIpc) is 2.34. The molecule has 0 fully saturated rings. The summed E-state index contributed by atoms with van der Waals surface area (Å²) in [6.07, 6.45) is 0. The molecule has 0 atom stereocenters. The smallest absolute Gasteiger partial charge is 0.141 e. The predicted molar refractivity (Wildman–Crippen MR) is 74.7 cm³/mol. The van der Waals surface area contributed by atoms with Gasteiger partial charge in [0.2, 0.25) is 0 Å². The lowest BCUT2D eigenvalue weighted by atomic mass is 10.1. The van der Waals surface area contributed by atoms with E-state index < -0.39 is 5.82 Å². The molecular formula is C15H15ClFN. The molecule has 1 N–H and O–H groups in total. The number of anilines is 1. The first-order valence-corrected chi connectivity index (χ1v) is 6.19. The molecule has 2 aromatic carbocycles. The van der Waals surface area contributed by atoms with Crippen molar-refractivity contribution in [2.24, 2.45) is 0 Å². The Hall–Kier alpha value is -1.54. The maximum Gasteiger partial charge on any atom is 0.141 e. The van der Waals surface area contributed by atoms with Crippen LogP contribution in [0.5, 0.6) is 0 Å². The molecule has 2 rings (SSSR count). The van der Waals surface area contributed by atoms with Gasteiger partial charge in [-0.05, 0) is 43.2 Å². The first-order chi connectivity index (χ1) is 8.56. The molecule has 2 aromatic rings. The Morgan fingerprint density at radius 1 is 1.11 bits per heavy atom. The molecule has 0 aliphatic heterocycles. The highest BCUT2D eigenvalue weighted by Gasteiger charge is 2.02. The standard InChI is InChI=1S/C15H15ClFN/c1-10-3-4-11(2)12(7-10)9-18-13-5-6-15(17)14(16)8-13/h3-8,18H,9H2,1-2H3. The van der Waals surface area contributed by atoms with Gasteiger partial charge in [-0.1, -0.05) is 35.4 Å². The van der Waals surface area contributed by atoms with Gasteiger partial charge in [-0.25, -0.2) is 4.39 Å². The monoisotopic (exact) mass is 263 g/mol. The van der Waals surface area contributed by atoms with Gasteiger partial charge >= 0.3 is 0 Å². The number of hydrogen-bond acceptors (Lipinski definition) is 1. The second-order valence-electron chi connectivity index (χ2n) is 4.41. The molecule has 0 aliphatic rings. The Bertz CT molecular complexity index is 566. The van der Waals surface area contributed by atoms with Gasteiger partial charge in [-0.15, -0.1) is 0 Å². The van der Waals surface area contributed by atoms with Crippen LogP contribution in [0.15, 0.2) is 36.4 Å². The minimum atomic E-state index is -0.394. The Balaban J connectivity index is 2.11. The fourth-order valence-corrected chi connectivity index (χ4v) is 1.97. The third-order valence-corrected chi connectivity index (χ3v) is 3.20. The summed E-state index contributed by atoms with van der Waals surface area (Å²) < 4.78 is 13.0. The quantitative estimate of drug-likeness (QED) is 0.846. The van der Waals surface area contributed by atoms with Crippen molar-refractivity contribution >= 4 is 17.3 Å². The van der Waals surface area contributed by atoms with Crippen molar-refractivity contribution < 1.29 is 4.39 Å². The first kappa shape index (κ1) is 12.9. The predicted octanol–water partition coefficient (Wildman–Crippen LogP) is 4.71. The first-order valence-electron chi connectivity index (χ1n) is 5.81. The lowest BCUT2D eigenvalue weighted by Crippen LogP contribution is -2.01. The lowest BCUT2D eigenvalue weighted by molar-refractivity contribution is 0.628. The fourth-order valence-electron chi connectivity index (χ4n) is 1.79. The van der Waals surface area contributed by atoms with Crippen molar-refractivity contribution in [3.63, 3.8) is 0 Å². The summed E-state index contributed by atoms with van der Waals surface area (Å²) in [7, 11) is 0. The van der Waals surface area contributed by atoms with Crippen LogP contribution in [0, 0.1) is 19.7 Å².